The molecule has 0 amide bonds. The molecule has 0 saturated carbocycles. The van der Waals surface area contributed by atoms with Crippen molar-refractivity contribution in [3.8, 4) is 22.9 Å². The van der Waals surface area contributed by atoms with Crippen molar-refractivity contribution in [2.45, 2.75) is 25.7 Å². The predicted octanol–water partition coefficient (Wildman–Crippen LogP) is 4.40. The third-order valence-electron chi connectivity index (χ3n) is 4.23. The zero-order valence-corrected chi connectivity index (χ0v) is 16.9. The average Bonchev–Trinajstić information content (AvgIpc) is 3.13. The van der Waals surface area contributed by atoms with E-state index >= 15 is 0 Å². The van der Waals surface area contributed by atoms with Gasteiger partial charge in [0.1, 0.15) is 0 Å². The van der Waals surface area contributed by atoms with Crippen LogP contribution in [0.3, 0.4) is 0 Å². The molecule has 1 aromatic heterocycles. The van der Waals surface area contributed by atoms with Gasteiger partial charge in [0.25, 0.3) is 0 Å². The van der Waals surface area contributed by atoms with Gasteiger partial charge >= 0.3 is 0 Å². The van der Waals surface area contributed by atoms with Crippen LogP contribution in [0.5, 0.6) is 0 Å². The lowest BCUT2D eigenvalue weighted by Gasteiger charge is -2.18. The van der Waals surface area contributed by atoms with Crippen LogP contribution in [-0.2, 0) is 10.0 Å². The topological polar surface area (TPSA) is 76.3 Å². The first-order valence-corrected chi connectivity index (χ1v) is 10.4. The number of halogens is 1. The fourth-order valence-electron chi connectivity index (χ4n) is 2.69. The van der Waals surface area contributed by atoms with E-state index in [2.05, 4.69) is 10.2 Å². The minimum absolute atomic E-state index is 0.140. The normalized spacial score (nSPS) is 11.9. The van der Waals surface area contributed by atoms with E-state index in [1.807, 2.05) is 31.2 Å². The quantitative estimate of drug-likeness (QED) is 0.607. The highest BCUT2D eigenvalue weighted by Crippen LogP contribution is 2.32. The van der Waals surface area contributed by atoms with Crippen molar-refractivity contribution in [2.75, 3.05) is 13.1 Å². The summed E-state index contributed by atoms with van der Waals surface area (Å²) in [5.74, 6) is 0.519. The van der Waals surface area contributed by atoms with Crippen LogP contribution in [0, 0.1) is 6.92 Å². The number of aryl methyl sites for hydroxylation is 1. The summed E-state index contributed by atoms with van der Waals surface area (Å²) in [4.78, 5) is 0.140. The Morgan fingerprint density at radius 1 is 1.00 bits per heavy atom. The molecule has 0 aliphatic carbocycles. The van der Waals surface area contributed by atoms with Gasteiger partial charge in [0.2, 0.25) is 21.8 Å². The number of benzene rings is 2. The molecule has 2 aromatic carbocycles. The van der Waals surface area contributed by atoms with E-state index < -0.39 is 10.0 Å². The highest BCUT2D eigenvalue weighted by atomic mass is 35.5. The van der Waals surface area contributed by atoms with Crippen LogP contribution in [0.4, 0.5) is 0 Å². The molecule has 6 nitrogen and oxygen atoms in total. The maximum Gasteiger partial charge on any atom is 0.249 e. The van der Waals surface area contributed by atoms with Gasteiger partial charge in [0, 0.05) is 18.7 Å². The van der Waals surface area contributed by atoms with Gasteiger partial charge in [-0.25, -0.2) is 8.42 Å². The average molecular weight is 406 g/mol. The number of rotatable bonds is 6. The highest BCUT2D eigenvalue weighted by Gasteiger charge is 2.24. The Morgan fingerprint density at radius 3 is 2.26 bits per heavy atom. The van der Waals surface area contributed by atoms with Gasteiger partial charge in [-0.2, -0.15) is 4.31 Å². The maximum atomic E-state index is 12.8. The van der Waals surface area contributed by atoms with Gasteiger partial charge in [-0.3, -0.25) is 0 Å². The lowest BCUT2D eigenvalue weighted by molar-refractivity contribution is 0.445. The van der Waals surface area contributed by atoms with E-state index in [-0.39, 0.29) is 10.8 Å². The molecule has 1 heterocycles. The van der Waals surface area contributed by atoms with E-state index in [0.717, 1.165) is 11.1 Å². The predicted molar refractivity (Wildman–Crippen MR) is 105 cm³/mol. The van der Waals surface area contributed by atoms with Crippen molar-refractivity contribution in [3.63, 3.8) is 0 Å². The second-order valence-corrected chi connectivity index (χ2v) is 8.35. The smallest absolute Gasteiger partial charge is 0.249 e. The summed E-state index contributed by atoms with van der Waals surface area (Å²) in [6.45, 7) is 6.35. The largest absolute Gasteiger partial charge is 0.416 e. The number of hydrogen-bond acceptors (Lipinski definition) is 5. The summed E-state index contributed by atoms with van der Waals surface area (Å²) in [5, 5.41) is 8.44. The van der Waals surface area contributed by atoms with Crippen molar-refractivity contribution in [2.24, 2.45) is 0 Å². The van der Waals surface area contributed by atoms with Crippen LogP contribution in [0.1, 0.15) is 19.4 Å². The number of aromatic nitrogens is 2. The molecule has 0 bridgehead atoms. The summed E-state index contributed by atoms with van der Waals surface area (Å²) >= 11 is 6.27. The van der Waals surface area contributed by atoms with Gasteiger partial charge in [-0.1, -0.05) is 43.1 Å². The van der Waals surface area contributed by atoms with Crippen LogP contribution in [0.2, 0.25) is 5.02 Å². The summed E-state index contributed by atoms with van der Waals surface area (Å²) < 4.78 is 32.7. The van der Waals surface area contributed by atoms with Gasteiger partial charge < -0.3 is 4.42 Å². The van der Waals surface area contributed by atoms with Crippen molar-refractivity contribution in [1.29, 1.82) is 0 Å². The third kappa shape index (κ3) is 3.90. The number of nitrogens with zero attached hydrogens (tertiary/aromatic N) is 3. The monoisotopic (exact) mass is 405 g/mol. The van der Waals surface area contributed by atoms with Gasteiger partial charge in [-0.05, 0) is 37.3 Å². The Hall–Kier alpha value is -2.22. The van der Waals surface area contributed by atoms with E-state index in [1.54, 1.807) is 13.8 Å². The second-order valence-electron chi connectivity index (χ2n) is 6.01. The Kier molecular flexibility index (Phi) is 5.64. The Balaban J connectivity index is 2.02. The van der Waals surface area contributed by atoms with E-state index in [0.29, 0.717) is 29.6 Å². The van der Waals surface area contributed by atoms with E-state index in [9.17, 15) is 8.42 Å². The standard InChI is InChI=1S/C19H20ClN3O3S/c1-4-23(5-2)27(24,25)15-10-11-17(20)16(12-15)19-22-21-18(26-19)14-8-6-13(3)7-9-14/h6-12H,4-5H2,1-3H3. The fraction of sp³-hybridized carbons (Fsp3) is 0.263. The van der Waals surface area contributed by atoms with Crippen LogP contribution in [-0.4, -0.2) is 36.0 Å². The molecule has 0 fully saturated rings. The van der Waals surface area contributed by atoms with Crippen molar-refractivity contribution >= 4 is 21.6 Å². The van der Waals surface area contributed by atoms with Gasteiger partial charge in [0.15, 0.2) is 0 Å². The molecule has 3 rings (SSSR count). The first-order valence-electron chi connectivity index (χ1n) is 8.57. The van der Waals surface area contributed by atoms with Crippen molar-refractivity contribution in [1.82, 2.24) is 14.5 Å². The SMILES string of the molecule is CCN(CC)S(=O)(=O)c1ccc(Cl)c(-c2nnc(-c3ccc(C)cc3)o2)c1. The fourth-order valence-corrected chi connectivity index (χ4v) is 4.37. The van der Waals surface area contributed by atoms with Gasteiger partial charge in [-0.15, -0.1) is 10.2 Å². The molecule has 0 unspecified atom stereocenters. The third-order valence-corrected chi connectivity index (χ3v) is 6.61. The molecule has 142 valence electrons. The lowest BCUT2D eigenvalue weighted by atomic mass is 10.1. The van der Waals surface area contributed by atoms with Crippen molar-refractivity contribution in [3.05, 3.63) is 53.1 Å². The molecule has 0 atom stereocenters. The molecular formula is C19H20ClN3O3S. The summed E-state index contributed by atoms with van der Waals surface area (Å²) in [7, 11) is -3.61. The summed E-state index contributed by atoms with van der Waals surface area (Å²) in [6, 6.07) is 12.2. The van der Waals surface area contributed by atoms with Crippen LogP contribution < -0.4 is 0 Å². The molecule has 0 radical (unpaired) electrons. The minimum Gasteiger partial charge on any atom is -0.416 e. The Morgan fingerprint density at radius 2 is 1.63 bits per heavy atom. The molecule has 0 N–H and O–H groups in total. The first kappa shape index (κ1) is 19.5. The van der Waals surface area contributed by atoms with Crippen LogP contribution in [0.25, 0.3) is 22.9 Å². The first-order chi connectivity index (χ1) is 12.9. The van der Waals surface area contributed by atoms with Crippen LogP contribution in [0.15, 0.2) is 51.8 Å². The zero-order valence-electron chi connectivity index (χ0n) is 15.3. The highest BCUT2D eigenvalue weighted by molar-refractivity contribution is 7.89. The summed E-state index contributed by atoms with van der Waals surface area (Å²) in [6.07, 6.45) is 0. The zero-order chi connectivity index (χ0) is 19.6. The number of sulfonamides is 1. The lowest BCUT2D eigenvalue weighted by Crippen LogP contribution is -2.30. The molecule has 0 saturated heterocycles. The minimum atomic E-state index is -3.61. The second kappa shape index (κ2) is 7.80. The van der Waals surface area contributed by atoms with Crippen molar-refractivity contribution < 1.29 is 12.8 Å². The molecule has 8 heteroatoms. The molecular weight excluding hydrogens is 386 g/mol. The number of hydrogen-bond donors (Lipinski definition) is 0. The molecule has 3 aromatic rings. The van der Waals surface area contributed by atoms with E-state index in [1.165, 1.54) is 22.5 Å². The molecule has 27 heavy (non-hydrogen) atoms. The van der Waals surface area contributed by atoms with Crippen LogP contribution >= 0.6 is 11.6 Å². The molecule has 0 aliphatic rings. The van der Waals surface area contributed by atoms with E-state index in [4.69, 9.17) is 16.0 Å². The summed E-state index contributed by atoms with van der Waals surface area (Å²) in [5.41, 5.74) is 2.29. The maximum absolute atomic E-state index is 12.8. The molecule has 0 aliphatic heterocycles. The molecule has 0 spiro atoms. The van der Waals surface area contributed by atoms with Gasteiger partial charge in [0.05, 0.1) is 15.5 Å². The Labute approximate surface area is 163 Å². The Bertz CT molecular complexity index is 1040.